The molecule has 1 fully saturated rings. The average molecular weight is 497 g/mol. The van der Waals surface area contributed by atoms with E-state index in [1.165, 1.54) is 38.5 Å². The Balaban J connectivity index is 2.68. The van der Waals surface area contributed by atoms with Crippen molar-refractivity contribution in [1.29, 1.82) is 0 Å². The minimum Gasteiger partial charge on any atom is -0.463 e. The van der Waals surface area contributed by atoms with Crippen molar-refractivity contribution >= 4 is 14.3 Å². The molecule has 4 nitrogen and oxygen atoms in total. The minimum atomic E-state index is -1.88. The number of hydrogen-bond acceptors (Lipinski definition) is 4. The quantitative estimate of drug-likeness (QED) is 0.101. The van der Waals surface area contributed by atoms with Gasteiger partial charge in [0.1, 0.15) is 0 Å². The molecular weight excluding hydrogens is 440 g/mol. The molecule has 0 aliphatic heterocycles. The van der Waals surface area contributed by atoms with Gasteiger partial charge >= 0.3 is 5.97 Å². The van der Waals surface area contributed by atoms with Crippen molar-refractivity contribution in [3.8, 4) is 0 Å². The first-order valence-corrected chi connectivity index (χ1v) is 17.0. The van der Waals surface area contributed by atoms with Gasteiger partial charge in [0.2, 0.25) is 0 Å². The normalized spacial score (nSPS) is 23.8. The van der Waals surface area contributed by atoms with Gasteiger partial charge in [-0.1, -0.05) is 78.4 Å². The lowest BCUT2D eigenvalue weighted by atomic mass is 9.86. The van der Waals surface area contributed by atoms with E-state index in [4.69, 9.17) is 9.16 Å². The lowest BCUT2D eigenvalue weighted by Gasteiger charge is -2.40. The highest BCUT2D eigenvalue weighted by molar-refractivity contribution is 6.74. The number of hydrogen-bond donors (Lipinski definition) is 1. The van der Waals surface area contributed by atoms with Crippen LogP contribution in [0.3, 0.4) is 0 Å². The largest absolute Gasteiger partial charge is 0.463 e. The zero-order valence-corrected chi connectivity index (χ0v) is 24.7. The molecule has 200 valence electrons. The molecule has 0 heterocycles. The van der Waals surface area contributed by atoms with E-state index in [1.54, 1.807) is 0 Å². The van der Waals surface area contributed by atoms with Gasteiger partial charge < -0.3 is 14.3 Å². The maximum absolute atomic E-state index is 11.7. The third kappa shape index (κ3) is 11.4. The summed E-state index contributed by atoms with van der Waals surface area (Å²) in [6.45, 7) is 17.6. The molecule has 0 aromatic rings. The van der Waals surface area contributed by atoms with E-state index in [2.05, 4.69) is 52.9 Å². The summed E-state index contributed by atoms with van der Waals surface area (Å²) in [5.41, 5.74) is 0. The van der Waals surface area contributed by atoms with Crippen molar-refractivity contribution in [2.45, 2.75) is 155 Å². The third-order valence-corrected chi connectivity index (χ3v) is 12.3. The first-order valence-electron chi connectivity index (χ1n) is 14.1. The number of unbranched alkanes of at least 4 members (excludes halogenated alkanes) is 6. The van der Waals surface area contributed by atoms with Gasteiger partial charge in [-0.25, -0.2) is 0 Å². The fourth-order valence-corrected chi connectivity index (χ4v) is 6.17. The Kier molecular flexibility index (Phi) is 14.3. The van der Waals surface area contributed by atoms with Crippen LogP contribution in [0.1, 0.15) is 119 Å². The molecule has 1 rings (SSSR count). The van der Waals surface area contributed by atoms with Crippen molar-refractivity contribution in [3.05, 3.63) is 12.2 Å². The Morgan fingerprint density at radius 3 is 2.29 bits per heavy atom. The van der Waals surface area contributed by atoms with Gasteiger partial charge in [0.15, 0.2) is 8.32 Å². The van der Waals surface area contributed by atoms with Gasteiger partial charge in [-0.2, -0.15) is 0 Å². The topological polar surface area (TPSA) is 55.8 Å². The molecule has 34 heavy (non-hydrogen) atoms. The molecule has 0 aromatic heterocycles. The number of aliphatic hydroxyl groups excluding tert-OH is 1. The Hall–Kier alpha value is -0.653. The Morgan fingerprint density at radius 1 is 1.03 bits per heavy atom. The van der Waals surface area contributed by atoms with Gasteiger partial charge in [0.05, 0.1) is 18.3 Å². The molecule has 1 saturated carbocycles. The van der Waals surface area contributed by atoms with E-state index in [1.807, 2.05) is 13.8 Å². The summed E-state index contributed by atoms with van der Waals surface area (Å²) >= 11 is 0. The second-order valence-corrected chi connectivity index (χ2v) is 17.0. The second-order valence-electron chi connectivity index (χ2n) is 12.2. The van der Waals surface area contributed by atoms with Crippen molar-refractivity contribution < 1.29 is 19.1 Å². The van der Waals surface area contributed by atoms with Crippen LogP contribution in [0.15, 0.2) is 12.2 Å². The lowest BCUT2D eigenvalue weighted by molar-refractivity contribution is -0.147. The fourth-order valence-electron chi connectivity index (χ4n) is 4.79. The lowest BCUT2D eigenvalue weighted by Crippen LogP contribution is -2.45. The summed E-state index contributed by atoms with van der Waals surface area (Å²) in [7, 11) is -1.88. The molecule has 0 aromatic carbocycles. The van der Waals surface area contributed by atoms with Crippen molar-refractivity contribution in [2.24, 2.45) is 11.8 Å². The molecule has 1 aliphatic rings. The highest BCUT2D eigenvalue weighted by Gasteiger charge is 2.47. The van der Waals surface area contributed by atoms with Gasteiger partial charge in [-0.05, 0) is 75.9 Å². The van der Waals surface area contributed by atoms with Crippen molar-refractivity contribution in [1.82, 2.24) is 0 Å². The number of rotatable bonds is 16. The van der Waals surface area contributed by atoms with E-state index >= 15 is 0 Å². The Morgan fingerprint density at radius 2 is 1.68 bits per heavy atom. The maximum atomic E-state index is 11.7. The predicted octanol–water partition coefficient (Wildman–Crippen LogP) is 8.19. The van der Waals surface area contributed by atoms with Crippen LogP contribution in [0.4, 0.5) is 0 Å². The highest BCUT2D eigenvalue weighted by atomic mass is 28.4. The summed E-state index contributed by atoms with van der Waals surface area (Å²) in [4.78, 5) is 11.7. The molecule has 0 saturated heterocycles. The molecule has 0 amide bonds. The van der Waals surface area contributed by atoms with Gasteiger partial charge in [-0.3, -0.25) is 4.79 Å². The second kappa shape index (κ2) is 15.5. The van der Waals surface area contributed by atoms with Crippen LogP contribution in [-0.2, 0) is 14.0 Å². The van der Waals surface area contributed by atoms with Gasteiger partial charge in [0, 0.05) is 6.42 Å². The van der Waals surface area contributed by atoms with E-state index in [0.29, 0.717) is 12.3 Å². The molecule has 5 heteroatoms. The minimum absolute atomic E-state index is 0.0445. The van der Waals surface area contributed by atoms with Crippen LogP contribution < -0.4 is 0 Å². The molecule has 0 spiro atoms. The summed E-state index contributed by atoms with van der Waals surface area (Å²) < 4.78 is 12.1. The van der Waals surface area contributed by atoms with Crippen LogP contribution in [0, 0.1) is 11.8 Å². The van der Waals surface area contributed by atoms with Crippen LogP contribution in [0.5, 0.6) is 0 Å². The number of esters is 1. The van der Waals surface area contributed by atoms with Gasteiger partial charge in [-0.15, -0.1) is 0 Å². The number of ether oxygens (including phenoxy) is 1. The SMILES string of the molecule is CCCCCCCC[C@H]1C(O[Si](C)(C)C(C)(C)C)C[C@H](O)[C@@H]1C/C=C\CCCC(=O)OC(C)C. The summed E-state index contributed by atoms with van der Waals surface area (Å²) in [5.74, 6) is 0.591. The molecule has 1 N–H and O–H groups in total. The van der Waals surface area contributed by atoms with Crippen molar-refractivity contribution in [3.63, 3.8) is 0 Å². The van der Waals surface area contributed by atoms with Crippen LogP contribution in [0.25, 0.3) is 0 Å². The number of carbonyl (C=O) groups excluding carboxylic acids is 1. The maximum Gasteiger partial charge on any atom is 0.306 e. The number of carbonyl (C=O) groups is 1. The Labute approximate surface area is 212 Å². The molecule has 4 atom stereocenters. The highest BCUT2D eigenvalue weighted by Crippen LogP contribution is 2.45. The zero-order chi connectivity index (χ0) is 25.8. The van der Waals surface area contributed by atoms with Crippen LogP contribution in [0.2, 0.25) is 18.1 Å². The fraction of sp³-hybridized carbons (Fsp3) is 0.897. The average Bonchev–Trinajstić information content (AvgIpc) is 2.99. The Bertz CT molecular complexity index is 593. The number of allylic oxidation sites excluding steroid dienone is 2. The van der Waals surface area contributed by atoms with E-state index < -0.39 is 8.32 Å². The zero-order valence-electron chi connectivity index (χ0n) is 23.7. The molecule has 1 aliphatic carbocycles. The first kappa shape index (κ1) is 31.4. The summed E-state index contributed by atoms with van der Waals surface area (Å²) in [6, 6.07) is 0. The van der Waals surface area contributed by atoms with Gasteiger partial charge in [0.25, 0.3) is 0 Å². The summed E-state index contributed by atoms with van der Waals surface area (Å²) in [5, 5.41) is 11.2. The summed E-state index contributed by atoms with van der Waals surface area (Å²) in [6.07, 6.45) is 17.0. The molecule has 1 unspecified atom stereocenters. The van der Waals surface area contributed by atoms with E-state index in [0.717, 1.165) is 32.1 Å². The standard InChI is InChI=1S/C29H56O4Si/c1-9-10-11-12-13-17-20-25-24(19-16-14-15-18-21-28(31)32-23(2)3)26(30)22-27(25)33-34(7,8)29(4,5)6/h14,16,23-27,30H,9-13,15,17-22H2,1-8H3/b16-14-/t24-,25-,26+,27?/m1/s1. The predicted molar refractivity (Wildman–Crippen MR) is 147 cm³/mol. The molecule has 0 radical (unpaired) electrons. The molecular formula is C29H56O4Si. The van der Waals surface area contributed by atoms with Crippen molar-refractivity contribution in [2.75, 3.05) is 0 Å². The number of aliphatic hydroxyl groups is 1. The monoisotopic (exact) mass is 496 g/mol. The molecule has 0 bridgehead atoms. The van der Waals surface area contributed by atoms with Crippen LogP contribution in [-0.4, -0.2) is 37.7 Å². The van der Waals surface area contributed by atoms with Crippen LogP contribution >= 0.6 is 0 Å². The van der Waals surface area contributed by atoms with E-state index in [9.17, 15) is 9.90 Å². The van der Waals surface area contributed by atoms with E-state index in [-0.39, 0.29) is 35.2 Å². The smallest absolute Gasteiger partial charge is 0.306 e. The third-order valence-electron chi connectivity index (χ3n) is 7.83. The first-order chi connectivity index (χ1) is 15.9.